The van der Waals surface area contributed by atoms with E-state index >= 15 is 0 Å². The van der Waals surface area contributed by atoms with Crippen LogP contribution in [-0.2, 0) is 25.5 Å². The number of anilines is 1. The molecule has 7 heteroatoms. The molecule has 0 aliphatic carbocycles. The summed E-state index contributed by atoms with van der Waals surface area (Å²) in [6.45, 7) is 6.39. The number of rotatable bonds is 4. The molecule has 0 bridgehead atoms. The number of esters is 1. The first-order chi connectivity index (χ1) is 10.3. The Morgan fingerprint density at radius 2 is 2.09 bits per heavy atom. The van der Waals surface area contributed by atoms with Gasteiger partial charge in [0.25, 0.3) is 5.91 Å². The van der Waals surface area contributed by atoms with Gasteiger partial charge >= 0.3 is 5.97 Å². The molecule has 2 N–H and O–H groups in total. The van der Waals surface area contributed by atoms with Gasteiger partial charge < -0.3 is 14.8 Å². The van der Waals surface area contributed by atoms with Crippen LogP contribution in [0.5, 0.6) is 0 Å². The van der Waals surface area contributed by atoms with Crippen LogP contribution in [0.25, 0.3) is 0 Å². The summed E-state index contributed by atoms with van der Waals surface area (Å²) in [6.07, 6.45) is 0.509. The molecule has 0 saturated carbocycles. The molecule has 1 aromatic rings. The maximum absolute atomic E-state index is 12.1. The fourth-order valence-corrected chi connectivity index (χ4v) is 2.43. The van der Waals surface area contributed by atoms with Crippen molar-refractivity contribution in [1.29, 1.82) is 0 Å². The number of methoxy groups -OCH3 is 1. The summed E-state index contributed by atoms with van der Waals surface area (Å²) in [6, 6.07) is 1.82. The lowest BCUT2D eigenvalue weighted by molar-refractivity contribution is -0.154. The van der Waals surface area contributed by atoms with Crippen molar-refractivity contribution in [3.63, 3.8) is 0 Å². The van der Waals surface area contributed by atoms with Gasteiger partial charge in [0.15, 0.2) is 11.9 Å². The molecule has 0 radical (unpaired) electrons. The van der Waals surface area contributed by atoms with Crippen LogP contribution >= 0.6 is 0 Å². The molecule has 1 saturated heterocycles. The van der Waals surface area contributed by atoms with Crippen LogP contribution in [0.3, 0.4) is 0 Å². The maximum Gasteiger partial charge on any atom is 0.335 e. The maximum atomic E-state index is 12.1. The molecule has 1 aliphatic heterocycles. The first-order valence-corrected chi connectivity index (χ1v) is 7.37. The third-order valence-corrected chi connectivity index (χ3v) is 3.38. The van der Waals surface area contributed by atoms with Crippen molar-refractivity contribution in [3.05, 3.63) is 11.8 Å². The summed E-state index contributed by atoms with van der Waals surface area (Å²) >= 11 is 0. The summed E-state index contributed by atoms with van der Waals surface area (Å²) in [7, 11) is 1.31. The number of aromatic nitrogens is 2. The summed E-state index contributed by atoms with van der Waals surface area (Å²) in [5.41, 5.74) is 1.10. The zero-order valence-corrected chi connectivity index (χ0v) is 13.4. The van der Waals surface area contributed by atoms with Crippen molar-refractivity contribution in [2.24, 2.45) is 5.41 Å². The highest BCUT2D eigenvalue weighted by Gasteiger charge is 2.35. The molecule has 1 aliphatic rings. The van der Waals surface area contributed by atoms with Crippen molar-refractivity contribution >= 4 is 17.7 Å². The fraction of sp³-hybridized carbons (Fsp3) is 0.667. The van der Waals surface area contributed by atoms with Gasteiger partial charge in [0.2, 0.25) is 0 Å². The highest BCUT2D eigenvalue weighted by molar-refractivity contribution is 5.94. The Morgan fingerprint density at radius 1 is 1.41 bits per heavy atom. The second kappa shape index (κ2) is 6.48. The lowest BCUT2D eigenvalue weighted by atomic mass is 9.91. The van der Waals surface area contributed by atoms with Crippen LogP contribution < -0.4 is 5.32 Å². The monoisotopic (exact) mass is 309 g/mol. The molecule has 0 unspecified atom stereocenters. The topological polar surface area (TPSA) is 93.3 Å². The highest BCUT2D eigenvalue weighted by atomic mass is 16.6. The first-order valence-electron chi connectivity index (χ1n) is 7.37. The minimum atomic E-state index is -0.656. The molecule has 1 aromatic heterocycles. The van der Waals surface area contributed by atoms with E-state index < -0.39 is 18.2 Å². The number of carbonyl (C=O) groups excluding carboxylic acids is 2. The van der Waals surface area contributed by atoms with E-state index in [4.69, 9.17) is 4.74 Å². The molecule has 2 heterocycles. The third-order valence-electron chi connectivity index (χ3n) is 3.38. The lowest BCUT2D eigenvalue weighted by Crippen LogP contribution is -2.30. The van der Waals surface area contributed by atoms with E-state index in [2.05, 4.69) is 41.0 Å². The predicted octanol–water partition coefficient (Wildman–Crippen LogP) is 1.66. The van der Waals surface area contributed by atoms with Crippen molar-refractivity contribution < 1.29 is 19.1 Å². The van der Waals surface area contributed by atoms with Crippen molar-refractivity contribution in [2.45, 2.75) is 52.2 Å². The average Bonchev–Trinajstić information content (AvgIpc) is 3.05. The smallest absolute Gasteiger partial charge is 0.335 e. The molecular formula is C15H23N3O4. The number of ether oxygens (including phenoxy) is 2. The van der Waals surface area contributed by atoms with E-state index in [-0.39, 0.29) is 11.3 Å². The molecule has 1 amide bonds. The Balaban J connectivity index is 1.89. The quantitative estimate of drug-likeness (QED) is 0.825. The van der Waals surface area contributed by atoms with Gasteiger partial charge in [-0.05, 0) is 24.7 Å². The fourth-order valence-electron chi connectivity index (χ4n) is 2.43. The molecule has 0 spiro atoms. The van der Waals surface area contributed by atoms with E-state index in [0.29, 0.717) is 18.7 Å². The Morgan fingerprint density at radius 3 is 2.73 bits per heavy atom. The minimum absolute atomic E-state index is 0.135. The van der Waals surface area contributed by atoms with Gasteiger partial charge in [-0.25, -0.2) is 4.79 Å². The van der Waals surface area contributed by atoms with E-state index in [1.807, 2.05) is 6.07 Å². The summed E-state index contributed by atoms with van der Waals surface area (Å²) in [4.78, 5) is 23.5. The average molecular weight is 309 g/mol. The van der Waals surface area contributed by atoms with Gasteiger partial charge in [0, 0.05) is 11.8 Å². The SMILES string of the molecule is COC(=O)[C@@H]1CC[C@H](C(=O)Nc2cc(CC(C)(C)C)[nH]n2)O1. The summed E-state index contributed by atoms with van der Waals surface area (Å²) in [5, 5.41) is 9.70. The van der Waals surface area contributed by atoms with Crippen LogP contribution in [0.1, 0.15) is 39.3 Å². The molecular weight excluding hydrogens is 286 g/mol. The number of H-pyrrole nitrogens is 1. The number of hydrogen-bond acceptors (Lipinski definition) is 5. The molecule has 22 heavy (non-hydrogen) atoms. The Hall–Kier alpha value is -1.89. The highest BCUT2D eigenvalue weighted by Crippen LogP contribution is 2.23. The normalized spacial score (nSPS) is 21.6. The van der Waals surface area contributed by atoms with Gasteiger partial charge in [0.1, 0.15) is 6.10 Å². The molecule has 1 fully saturated rings. The molecule has 7 nitrogen and oxygen atoms in total. The summed E-state index contributed by atoms with van der Waals surface area (Å²) < 4.78 is 10.0. The van der Waals surface area contributed by atoms with Crippen molar-refractivity contribution in [3.8, 4) is 0 Å². The van der Waals surface area contributed by atoms with E-state index in [1.54, 1.807) is 0 Å². The molecule has 2 rings (SSSR count). The standard InChI is InChI=1S/C15H23N3O4/c1-15(2,3)8-9-7-12(18-17-9)16-13(19)10-5-6-11(22-10)14(20)21-4/h7,10-11H,5-6,8H2,1-4H3,(H2,16,17,18,19)/t10-,11+/m1/s1. The number of aromatic amines is 1. The summed E-state index contributed by atoms with van der Waals surface area (Å²) in [5.74, 6) is -0.267. The minimum Gasteiger partial charge on any atom is -0.467 e. The lowest BCUT2D eigenvalue weighted by Gasteiger charge is -2.15. The van der Waals surface area contributed by atoms with E-state index in [9.17, 15) is 9.59 Å². The zero-order chi connectivity index (χ0) is 16.3. The number of nitrogens with zero attached hydrogens (tertiary/aromatic N) is 1. The predicted molar refractivity (Wildman–Crippen MR) is 80.3 cm³/mol. The van der Waals surface area contributed by atoms with Crippen LogP contribution in [0.15, 0.2) is 6.07 Å². The second-order valence-electron chi connectivity index (χ2n) is 6.72. The second-order valence-corrected chi connectivity index (χ2v) is 6.72. The van der Waals surface area contributed by atoms with Crippen LogP contribution in [0, 0.1) is 5.41 Å². The molecule has 2 atom stereocenters. The Bertz CT molecular complexity index is 547. The van der Waals surface area contributed by atoms with Gasteiger partial charge in [-0.15, -0.1) is 0 Å². The zero-order valence-electron chi connectivity index (χ0n) is 13.4. The number of hydrogen-bond donors (Lipinski definition) is 2. The van der Waals surface area contributed by atoms with Gasteiger partial charge in [0.05, 0.1) is 7.11 Å². The number of nitrogens with one attached hydrogen (secondary N) is 2. The largest absolute Gasteiger partial charge is 0.467 e. The molecule has 122 valence electrons. The van der Waals surface area contributed by atoms with E-state index in [1.165, 1.54) is 7.11 Å². The van der Waals surface area contributed by atoms with Crippen LogP contribution in [-0.4, -0.2) is 41.4 Å². The van der Waals surface area contributed by atoms with Crippen molar-refractivity contribution in [1.82, 2.24) is 10.2 Å². The number of carbonyl (C=O) groups is 2. The van der Waals surface area contributed by atoms with Gasteiger partial charge in [-0.1, -0.05) is 20.8 Å². The van der Waals surface area contributed by atoms with Gasteiger partial charge in [-0.3, -0.25) is 9.89 Å². The Kier molecular flexibility index (Phi) is 4.85. The van der Waals surface area contributed by atoms with Crippen molar-refractivity contribution in [2.75, 3.05) is 12.4 Å². The van der Waals surface area contributed by atoms with Crippen LogP contribution in [0.2, 0.25) is 0 Å². The van der Waals surface area contributed by atoms with Gasteiger partial charge in [-0.2, -0.15) is 5.10 Å². The number of amides is 1. The molecule has 0 aromatic carbocycles. The Labute approximate surface area is 129 Å². The third kappa shape index (κ3) is 4.30. The first kappa shape index (κ1) is 16.5. The van der Waals surface area contributed by atoms with Crippen LogP contribution in [0.4, 0.5) is 5.82 Å². The van der Waals surface area contributed by atoms with E-state index in [0.717, 1.165) is 12.1 Å².